The SMILES string of the molecule is CCC(C)(C)NC(=O)CCC(=O)c1cc(C)sc1C. The van der Waals surface area contributed by atoms with Crippen molar-refractivity contribution >= 4 is 23.0 Å². The zero-order chi connectivity index (χ0) is 14.6. The summed E-state index contributed by atoms with van der Waals surface area (Å²) >= 11 is 1.62. The second kappa shape index (κ2) is 6.33. The Morgan fingerprint density at radius 2 is 1.89 bits per heavy atom. The van der Waals surface area contributed by atoms with Crippen LogP contribution >= 0.6 is 11.3 Å². The molecule has 1 rings (SSSR count). The second-order valence-electron chi connectivity index (χ2n) is 5.54. The van der Waals surface area contributed by atoms with Crippen molar-refractivity contribution in [3.63, 3.8) is 0 Å². The second-order valence-corrected chi connectivity index (χ2v) is 7.00. The standard InChI is InChI=1S/C15H23NO2S/c1-6-15(4,5)16-14(18)8-7-13(17)12-9-10(2)19-11(12)3/h9H,6-8H2,1-5H3,(H,16,18). The zero-order valence-electron chi connectivity index (χ0n) is 12.4. The molecule has 1 amide bonds. The molecule has 0 unspecified atom stereocenters. The van der Waals surface area contributed by atoms with E-state index in [1.165, 1.54) is 0 Å². The molecule has 0 atom stereocenters. The van der Waals surface area contributed by atoms with E-state index in [0.717, 1.165) is 21.7 Å². The highest BCUT2D eigenvalue weighted by molar-refractivity contribution is 7.12. The molecule has 1 aromatic heterocycles. The molecule has 3 nitrogen and oxygen atoms in total. The number of ketones is 1. The Hall–Kier alpha value is -1.16. The normalized spacial score (nSPS) is 11.4. The van der Waals surface area contributed by atoms with E-state index in [1.807, 2.05) is 40.7 Å². The average Bonchev–Trinajstić information content (AvgIpc) is 2.65. The first kappa shape index (κ1) is 15.9. The largest absolute Gasteiger partial charge is 0.351 e. The van der Waals surface area contributed by atoms with Crippen LogP contribution in [-0.2, 0) is 4.79 Å². The Morgan fingerprint density at radius 1 is 1.26 bits per heavy atom. The van der Waals surface area contributed by atoms with Gasteiger partial charge in [-0.25, -0.2) is 0 Å². The van der Waals surface area contributed by atoms with Crippen LogP contribution in [0.15, 0.2) is 6.07 Å². The first-order valence-corrected chi connectivity index (χ1v) is 7.48. The Kier molecular flexibility index (Phi) is 5.29. The summed E-state index contributed by atoms with van der Waals surface area (Å²) in [6.45, 7) is 9.94. The van der Waals surface area contributed by atoms with Gasteiger partial charge in [-0.2, -0.15) is 0 Å². The highest BCUT2D eigenvalue weighted by atomic mass is 32.1. The topological polar surface area (TPSA) is 46.2 Å². The molecule has 0 fully saturated rings. The highest BCUT2D eigenvalue weighted by Crippen LogP contribution is 2.22. The van der Waals surface area contributed by atoms with Crippen LogP contribution in [0.2, 0.25) is 0 Å². The van der Waals surface area contributed by atoms with Gasteiger partial charge in [-0.05, 0) is 40.2 Å². The fourth-order valence-corrected chi connectivity index (χ4v) is 2.74. The highest BCUT2D eigenvalue weighted by Gasteiger charge is 2.19. The molecule has 0 radical (unpaired) electrons. The van der Waals surface area contributed by atoms with Gasteiger partial charge in [0, 0.05) is 33.7 Å². The van der Waals surface area contributed by atoms with E-state index in [2.05, 4.69) is 5.32 Å². The third-order valence-electron chi connectivity index (χ3n) is 3.28. The maximum absolute atomic E-state index is 12.0. The molecule has 0 aliphatic carbocycles. The maximum atomic E-state index is 12.0. The molecular formula is C15H23NO2S. The van der Waals surface area contributed by atoms with E-state index in [1.54, 1.807) is 11.3 Å². The Labute approximate surface area is 119 Å². The molecule has 0 spiro atoms. The van der Waals surface area contributed by atoms with Crippen LogP contribution in [0.25, 0.3) is 0 Å². The third-order valence-corrected chi connectivity index (χ3v) is 4.25. The number of Topliss-reactive ketones (excluding diaryl/α,β-unsaturated/α-hetero) is 1. The number of carbonyl (C=O) groups excluding carboxylic acids is 2. The minimum absolute atomic E-state index is 0.0511. The van der Waals surface area contributed by atoms with Crippen LogP contribution in [-0.4, -0.2) is 17.2 Å². The fourth-order valence-electron chi connectivity index (χ4n) is 1.80. The van der Waals surface area contributed by atoms with E-state index in [0.29, 0.717) is 0 Å². The minimum atomic E-state index is -0.199. The van der Waals surface area contributed by atoms with Crippen LogP contribution in [0.1, 0.15) is 60.1 Å². The monoisotopic (exact) mass is 281 g/mol. The molecule has 4 heteroatoms. The molecular weight excluding hydrogens is 258 g/mol. The number of carbonyl (C=O) groups is 2. The number of aryl methyl sites for hydroxylation is 2. The summed E-state index contributed by atoms with van der Waals surface area (Å²) in [5, 5.41) is 2.94. The summed E-state index contributed by atoms with van der Waals surface area (Å²) in [5.41, 5.74) is 0.569. The molecule has 19 heavy (non-hydrogen) atoms. The van der Waals surface area contributed by atoms with Gasteiger partial charge in [0.15, 0.2) is 5.78 Å². The number of thiophene rings is 1. The predicted octanol–water partition coefficient (Wildman–Crippen LogP) is 3.63. The smallest absolute Gasteiger partial charge is 0.220 e. The van der Waals surface area contributed by atoms with Gasteiger partial charge in [-0.15, -0.1) is 11.3 Å². The van der Waals surface area contributed by atoms with Gasteiger partial charge >= 0.3 is 0 Å². The van der Waals surface area contributed by atoms with Gasteiger partial charge in [0.2, 0.25) is 5.91 Å². The summed E-state index contributed by atoms with van der Waals surface area (Å²) in [4.78, 5) is 26.0. The van der Waals surface area contributed by atoms with Crippen molar-refractivity contribution in [3.05, 3.63) is 21.4 Å². The van der Waals surface area contributed by atoms with Gasteiger partial charge in [-0.1, -0.05) is 6.92 Å². The number of hydrogen-bond acceptors (Lipinski definition) is 3. The van der Waals surface area contributed by atoms with E-state index >= 15 is 0 Å². The predicted molar refractivity (Wildman–Crippen MR) is 79.9 cm³/mol. The summed E-state index contributed by atoms with van der Waals surface area (Å²) in [5.74, 6) is 0.0103. The molecule has 0 bridgehead atoms. The molecule has 0 aliphatic heterocycles. The fraction of sp³-hybridized carbons (Fsp3) is 0.600. The molecule has 1 N–H and O–H groups in total. The van der Waals surface area contributed by atoms with Gasteiger partial charge in [0.25, 0.3) is 0 Å². The van der Waals surface area contributed by atoms with Gasteiger partial charge < -0.3 is 5.32 Å². The Balaban J connectivity index is 2.51. The summed E-state index contributed by atoms with van der Waals surface area (Å²) in [6.07, 6.45) is 1.41. The lowest BCUT2D eigenvalue weighted by Gasteiger charge is -2.24. The lowest BCUT2D eigenvalue weighted by molar-refractivity contribution is -0.122. The van der Waals surface area contributed by atoms with Crippen LogP contribution in [0.4, 0.5) is 0 Å². The number of amides is 1. The number of nitrogens with one attached hydrogen (secondary N) is 1. The van der Waals surface area contributed by atoms with E-state index in [-0.39, 0.29) is 30.1 Å². The first-order valence-electron chi connectivity index (χ1n) is 6.66. The maximum Gasteiger partial charge on any atom is 0.220 e. The van der Waals surface area contributed by atoms with Crippen molar-refractivity contribution in [1.82, 2.24) is 5.32 Å². The van der Waals surface area contributed by atoms with Crippen molar-refractivity contribution in [2.45, 2.75) is 59.4 Å². The van der Waals surface area contributed by atoms with E-state index < -0.39 is 0 Å². The number of hydrogen-bond donors (Lipinski definition) is 1. The first-order chi connectivity index (χ1) is 8.75. The van der Waals surface area contributed by atoms with Gasteiger partial charge in [0.05, 0.1) is 0 Å². The quantitative estimate of drug-likeness (QED) is 0.809. The molecule has 0 saturated heterocycles. The summed E-state index contributed by atoms with van der Waals surface area (Å²) in [6, 6.07) is 1.91. The average molecular weight is 281 g/mol. The van der Waals surface area contributed by atoms with Crippen molar-refractivity contribution < 1.29 is 9.59 Å². The lowest BCUT2D eigenvalue weighted by atomic mass is 10.0. The van der Waals surface area contributed by atoms with Gasteiger partial charge in [-0.3, -0.25) is 9.59 Å². The molecule has 0 aliphatic rings. The summed E-state index contributed by atoms with van der Waals surface area (Å²) < 4.78 is 0. The third kappa shape index (κ3) is 4.78. The molecule has 1 aromatic rings. The minimum Gasteiger partial charge on any atom is -0.351 e. The van der Waals surface area contributed by atoms with E-state index in [4.69, 9.17) is 0 Å². The zero-order valence-corrected chi connectivity index (χ0v) is 13.2. The molecule has 0 saturated carbocycles. The van der Waals surface area contributed by atoms with Crippen LogP contribution in [0.5, 0.6) is 0 Å². The molecule has 0 aromatic carbocycles. The summed E-state index contributed by atoms with van der Waals surface area (Å²) in [7, 11) is 0. The van der Waals surface area contributed by atoms with Crippen molar-refractivity contribution in [2.75, 3.05) is 0 Å². The lowest BCUT2D eigenvalue weighted by Crippen LogP contribution is -2.42. The Bertz CT molecular complexity index is 474. The van der Waals surface area contributed by atoms with Gasteiger partial charge in [0.1, 0.15) is 0 Å². The molecule has 106 valence electrons. The Morgan fingerprint density at radius 3 is 2.37 bits per heavy atom. The van der Waals surface area contributed by atoms with Crippen molar-refractivity contribution in [3.8, 4) is 0 Å². The van der Waals surface area contributed by atoms with Crippen LogP contribution in [0, 0.1) is 13.8 Å². The number of rotatable bonds is 6. The van der Waals surface area contributed by atoms with Crippen molar-refractivity contribution in [1.29, 1.82) is 0 Å². The van der Waals surface area contributed by atoms with E-state index in [9.17, 15) is 9.59 Å². The molecule has 1 heterocycles. The van der Waals surface area contributed by atoms with Crippen LogP contribution in [0.3, 0.4) is 0 Å². The van der Waals surface area contributed by atoms with Crippen molar-refractivity contribution in [2.24, 2.45) is 0 Å². The van der Waals surface area contributed by atoms with Crippen LogP contribution < -0.4 is 5.32 Å².